The lowest BCUT2D eigenvalue weighted by molar-refractivity contribution is 0.0883. The second-order valence-electron chi connectivity index (χ2n) is 12.0. The molecule has 2 aromatic carbocycles. The molecule has 2 heterocycles. The standard InChI is InChI=1S/C34H46Cl2N4O4/c1-42-30-20-24(21-31(43-2)33(30)44-3)32(41)29(38)23-34(12-7-14-37,25-8-9-27(35)28(36)22-25)13-19-39-17-10-26(11-18-39)40-15-5-4-6-16-40/h8-9,14,20-22,26,37-38H,4-7,10-13,15-19,23H2,1-3H3/t34-/m0/s1. The van der Waals surface area contributed by atoms with E-state index in [1.165, 1.54) is 59.9 Å². The fraction of sp³-hybridized carbons (Fsp3) is 0.559. The van der Waals surface area contributed by atoms with Gasteiger partial charge < -0.3 is 34.8 Å². The van der Waals surface area contributed by atoms with E-state index in [1.807, 2.05) is 12.1 Å². The van der Waals surface area contributed by atoms with Crippen molar-refractivity contribution in [2.75, 3.05) is 54.1 Å². The fourth-order valence-corrected chi connectivity index (χ4v) is 7.13. The van der Waals surface area contributed by atoms with Crippen molar-refractivity contribution in [2.24, 2.45) is 0 Å². The van der Waals surface area contributed by atoms with Crippen LogP contribution in [0.1, 0.15) is 73.7 Å². The van der Waals surface area contributed by atoms with Gasteiger partial charge in [-0.25, -0.2) is 0 Å². The topological polar surface area (TPSA) is 98.9 Å². The molecule has 2 aromatic rings. The summed E-state index contributed by atoms with van der Waals surface area (Å²) in [5.74, 6) is 0.690. The van der Waals surface area contributed by atoms with Crippen LogP contribution < -0.4 is 14.2 Å². The summed E-state index contributed by atoms with van der Waals surface area (Å²) in [5.41, 5.74) is 0.598. The number of methoxy groups -OCH3 is 3. The van der Waals surface area contributed by atoms with E-state index in [0.717, 1.165) is 44.5 Å². The number of hydrogen-bond acceptors (Lipinski definition) is 8. The predicted molar refractivity (Wildman–Crippen MR) is 178 cm³/mol. The molecule has 0 aromatic heterocycles. The summed E-state index contributed by atoms with van der Waals surface area (Å²) >= 11 is 12.8. The van der Waals surface area contributed by atoms with Crippen LogP contribution in [0.2, 0.25) is 10.0 Å². The number of nitrogens with one attached hydrogen (secondary N) is 2. The lowest BCUT2D eigenvalue weighted by Gasteiger charge is -2.42. The van der Waals surface area contributed by atoms with Gasteiger partial charge in [0.15, 0.2) is 11.5 Å². The zero-order valence-corrected chi connectivity index (χ0v) is 27.7. The summed E-state index contributed by atoms with van der Waals surface area (Å²) in [6.45, 7) is 5.33. The van der Waals surface area contributed by atoms with Gasteiger partial charge in [0.2, 0.25) is 11.5 Å². The molecule has 0 spiro atoms. The van der Waals surface area contributed by atoms with Crippen molar-refractivity contribution in [3.63, 3.8) is 0 Å². The quantitative estimate of drug-likeness (QED) is 0.156. The van der Waals surface area contributed by atoms with Gasteiger partial charge in [0.05, 0.1) is 37.1 Å². The number of carbonyl (C=O) groups is 1. The minimum absolute atomic E-state index is 0.0286. The molecule has 0 radical (unpaired) electrons. The van der Waals surface area contributed by atoms with Crippen molar-refractivity contribution in [3.05, 3.63) is 51.5 Å². The highest BCUT2D eigenvalue weighted by atomic mass is 35.5. The zero-order chi connectivity index (χ0) is 31.7. The number of benzene rings is 2. The third-order valence-electron chi connectivity index (χ3n) is 9.39. The van der Waals surface area contributed by atoms with Crippen LogP contribution in [0.25, 0.3) is 0 Å². The summed E-state index contributed by atoms with van der Waals surface area (Å²) in [4.78, 5) is 19.0. The molecule has 240 valence electrons. The Labute approximate surface area is 272 Å². The molecule has 2 fully saturated rings. The number of ketones is 1. The maximum atomic E-state index is 13.8. The van der Waals surface area contributed by atoms with E-state index in [-0.39, 0.29) is 12.1 Å². The molecule has 2 N–H and O–H groups in total. The summed E-state index contributed by atoms with van der Waals surface area (Å²) in [6.07, 6.45) is 9.72. The van der Waals surface area contributed by atoms with E-state index in [2.05, 4.69) is 9.80 Å². The van der Waals surface area contributed by atoms with E-state index < -0.39 is 11.2 Å². The molecule has 0 bridgehead atoms. The molecule has 8 nitrogen and oxygen atoms in total. The summed E-state index contributed by atoms with van der Waals surface area (Å²) in [7, 11) is 4.51. The highest BCUT2D eigenvalue weighted by Gasteiger charge is 2.36. The van der Waals surface area contributed by atoms with Gasteiger partial charge in [0, 0.05) is 23.4 Å². The van der Waals surface area contributed by atoms with Crippen LogP contribution in [0.5, 0.6) is 17.2 Å². The smallest absolute Gasteiger partial charge is 0.206 e. The van der Waals surface area contributed by atoms with Crippen molar-refractivity contribution in [1.29, 1.82) is 10.8 Å². The Kier molecular flexibility index (Phi) is 12.5. The van der Waals surface area contributed by atoms with Gasteiger partial charge in [-0.3, -0.25) is 4.79 Å². The molecule has 0 unspecified atom stereocenters. The van der Waals surface area contributed by atoms with Crippen LogP contribution in [-0.4, -0.2) is 87.6 Å². The number of piperidine rings is 2. The van der Waals surface area contributed by atoms with Crippen molar-refractivity contribution in [2.45, 2.75) is 69.2 Å². The van der Waals surface area contributed by atoms with Crippen LogP contribution >= 0.6 is 23.2 Å². The Morgan fingerprint density at radius 2 is 1.59 bits per heavy atom. The first-order chi connectivity index (χ1) is 21.2. The summed E-state index contributed by atoms with van der Waals surface area (Å²) in [6, 6.07) is 9.44. The number of Topliss-reactive ketones (excluding diaryl/α,β-unsaturated/α-hetero) is 1. The molecule has 2 aliphatic rings. The molecule has 10 heteroatoms. The molecular weight excluding hydrogens is 599 g/mol. The third-order valence-corrected chi connectivity index (χ3v) is 10.1. The summed E-state index contributed by atoms with van der Waals surface area (Å²) in [5, 5.41) is 17.8. The van der Waals surface area contributed by atoms with Crippen molar-refractivity contribution in [1.82, 2.24) is 9.80 Å². The first kappa shape index (κ1) is 34.2. The number of likely N-dealkylation sites (tertiary alicyclic amines) is 2. The first-order valence-electron chi connectivity index (χ1n) is 15.6. The minimum atomic E-state index is -0.594. The van der Waals surface area contributed by atoms with E-state index in [1.54, 1.807) is 18.2 Å². The number of hydrogen-bond donors (Lipinski definition) is 2. The molecule has 4 rings (SSSR count). The second-order valence-corrected chi connectivity index (χ2v) is 12.8. The molecule has 44 heavy (non-hydrogen) atoms. The third kappa shape index (κ3) is 8.13. The van der Waals surface area contributed by atoms with E-state index in [4.69, 9.17) is 48.2 Å². The molecule has 2 aliphatic heterocycles. The maximum absolute atomic E-state index is 13.8. The van der Waals surface area contributed by atoms with Crippen molar-refractivity contribution < 1.29 is 19.0 Å². The van der Waals surface area contributed by atoms with Crippen LogP contribution in [-0.2, 0) is 5.41 Å². The van der Waals surface area contributed by atoms with Crippen LogP contribution in [0.15, 0.2) is 30.3 Å². The Hall–Kier alpha value is -2.65. The Bertz CT molecular complexity index is 1280. The lowest BCUT2D eigenvalue weighted by atomic mass is 9.69. The van der Waals surface area contributed by atoms with Gasteiger partial charge in [-0.05, 0) is 114 Å². The maximum Gasteiger partial charge on any atom is 0.206 e. The average molecular weight is 646 g/mol. The Balaban J connectivity index is 1.59. The zero-order valence-electron chi connectivity index (χ0n) is 26.2. The van der Waals surface area contributed by atoms with Gasteiger partial charge in [0.25, 0.3) is 0 Å². The normalized spacial score (nSPS) is 17.9. The molecule has 0 saturated carbocycles. The monoisotopic (exact) mass is 644 g/mol. The van der Waals surface area contributed by atoms with Gasteiger partial charge >= 0.3 is 0 Å². The van der Waals surface area contributed by atoms with Crippen LogP contribution in [0, 0.1) is 10.8 Å². The predicted octanol–water partition coefficient (Wildman–Crippen LogP) is 7.32. The first-order valence-corrected chi connectivity index (χ1v) is 16.3. The lowest BCUT2D eigenvalue weighted by Crippen LogP contribution is -2.47. The molecule has 1 atom stereocenters. The largest absolute Gasteiger partial charge is 0.493 e. The van der Waals surface area contributed by atoms with Crippen LogP contribution in [0.4, 0.5) is 0 Å². The number of rotatable bonds is 15. The Morgan fingerprint density at radius 1 is 0.932 bits per heavy atom. The minimum Gasteiger partial charge on any atom is -0.493 e. The van der Waals surface area contributed by atoms with E-state index in [0.29, 0.717) is 51.7 Å². The Morgan fingerprint density at radius 3 is 2.16 bits per heavy atom. The van der Waals surface area contributed by atoms with Crippen LogP contribution in [0.3, 0.4) is 0 Å². The number of halogens is 2. The van der Waals surface area contributed by atoms with E-state index >= 15 is 0 Å². The van der Waals surface area contributed by atoms with E-state index in [9.17, 15) is 4.79 Å². The second kappa shape index (κ2) is 16.1. The number of ether oxygens (including phenoxy) is 3. The average Bonchev–Trinajstić information content (AvgIpc) is 3.06. The molecular formula is C34H46Cl2N4O4. The van der Waals surface area contributed by atoms with Gasteiger partial charge in [-0.2, -0.15) is 0 Å². The molecule has 0 aliphatic carbocycles. The van der Waals surface area contributed by atoms with Crippen molar-refractivity contribution in [3.8, 4) is 17.2 Å². The number of carbonyl (C=O) groups excluding carboxylic acids is 1. The van der Waals surface area contributed by atoms with Gasteiger partial charge in [-0.1, -0.05) is 35.7 Å². The van der Waals surface area contributed by atoms with Gasteiger partial charge in [-0.15, -0.1) is 0 Å². The number of nitrogens with zero attached hydrogens (tertiary/aromatic N) is 2. The summed E-state index contributed by atoms with van der Waals surface area (Å²) < 4.78 is 16.3. The highest BCUT2D eigenvalue weighted by Crippen LogP contribution is 2.42. The van der Waals surface area contributed by atoms with Gasteiger partial charge in [0.1, 0.15) is 0 Å². The van der Waals surface area contributed by atoms with Crippen molar-refractivity contribution >= 4 is 40.9 Å². The molecule has 0 amide bonds. The highest BCUT2D eigenvalue weighted by molar-refractivity contribution is 6.45. The molecule has 2 saturated heterocycles. The fourth-order valence-electron chi connectivity index (χ4n) is 6.84. The SMILES string of the molecule is COc1cc(C(=O)C(=N)C[C@](CCC=N)(CCN2CCC(N3CCCCC3)CC2)c2ccc(Cl)c(Cl)c2)cc(OC)c1OC.